The Morgan fingerprint density at radius 1 is 0.727 bits per heavy atom. The van der Waals surface area contributed by atoms with Crippen LogP contribution in [0, 0.1) is 5.41 Å². The highest BCUT2D eigenvalue weighted by Crippen LogP contribution is 2.34. The minimum absolute atomic E-state index is 0.162. The van der Waals surface area contributed by atoms with Gasteiger partial charge in [0, 0.05) is 23.1 Å². The monoisotopic (exact) mass is 534 g/mol. The van der Waals surface area contributed by atoms with Crippen LogP contribution in [0.5, 0.6) is 0 Å². The van der Waals surface area contributed by atoms with E-state index in [1.165, 1.54) is 36.4 Å². The van der Waals surface area contributed by atoms with E-state index in [4.69, 9.17) is 23.2 Å². The Kier molecular flexibility index (Phi) is 10.7. The van der Waals surface area contributed by atoms with Crippen LogP contribution in [0.1, 0.15) is 52.4 Å². The number of halogens is 2. The summed E-state index contributed by atoms with van der Waals surface area (Å²) in [5.41, 5.74) is -0.263. The molecule has 2 N–H and O–H groups in total. The molecule has 6 nitrogen and oxygen atoms in total. The fourth-order valence-corrected chi connectivity index (χ4v) is 6.13. The minimum Gasteiger partial charge on any atom is -0.211 e. The molecule has 0 amide bonds. The molecule has 2 aromatic carbocycles. The van der Waals surface area contributed by atoms with Crippen molar-refractivity contribution in [3.05, 3.63) is 58.6 Å². The highest BCUT2D eigenvalue weighted by Gasteiger charge is 2.29. The molecule has 1 atom stereocenters. The first-order chi connectivity index (χ1) is 15.5. The Bertz CT molecular complexity index is 1090. The van der Waals surface area contributed by atoms with Crippen LogP contribution in [0.25, 0.3) is 0 Å². The molecule has 184 valence electrons. The highest BCUT2D eigenvalue weighted by molar-refractivity contribution is 7.89. The molecule has 0 saturated carbocycles. The lowest BCUT2D eigenvalue weighted by molar-refractivity contribution is 0.219. The van der Waals surface area contributed by atoms with Gasteiger partial charge in [-0.15, -0.1) is 0 Å². The molecule has 0 fully saturated rings. The summed E-state index contributed by atoms with van der Waals surface area (Å²) in [6.07, 6.45) is 4.87. The van der Waals surface area contributed by atoms with Crippen LogP contribution in [0.4, 0.5) is 0 Å². The molecule has 0 heterocycles. The number of hydrogen-bond donors (Lipinski definition) is 2. The van der Waals surface area contributed by atoms with Gasteiger partial charge in [0.05, 0.1) is 9.79 Å². The standard InChI is InChI=1S/C23H32Cl2N2O4S2/c1-3-5-15-23(4-2,18-27-33(30,31)22-13-9-20(25)10-14-22)16-6-17-26-32(28,29)21-11-7-19(24)8-12-21/h7-14,26-27H,3-6,15-18H2,1-2H3/t23-/m0/s1. The van der Waals surface area contributed by atoms with Crippen molar-refractivity contribution in [1.29, 1.82) is 0 Å². The van der Waals surface area contributed by atoms with E-state index >= 15 is 0 Å². The van der Waals surface area contributed by atoms with Gasteiger partial charge in [0.2, 0.25) is 20.0 Å². The van der Waals surface area contributed by atoms with Crippen molar-refractivity contribution in [3.8, 4) is 0 Å². The first-order valence-corrected chi connectivity index (χ1v) is 14.8. The maximum atomic E-state index is 12.8. The molecule has 0 bridgehead atoms. The summed E-state index contributed by atoms with van der Waals surface area (Å²) in [5, 5.41) is 0.944. The number of unbranched alkanes of at least 4 members (excludes halogenated alkanes) is 1. The summed E-state index contributed by atoms with van der Waals surface area (Å²) in [5.74, 6) is 0. The molecule has 2 aromatic rings. The van der Waals surface area contributed by atoms with Gasteiger partial charge < -0.3 is 0 Å². The third-order valence-corrected chi connectivity index (χ3v) is 9.27. The van der Waals surface area contributed by atoms with Crippen LogP contribution in [0.15, 0.2) is 58.3 Å². The van der Waals surface area contributed by atoms with Gasteiger partial charge in [0.15, 0.2) is 0 Å². The third-order valence-electron chi connectivity index (χ3n) is 5.87. The van der Waals surface area contributed by atoms with E-state index in [1.54, 1.807) is 12.1 Å². The molecular weight excluding hydrogens is 503 g/mol. The second kappa shape index (κ2) is 12.5. The predicted octanol–water partition coefficient (Wildman–Crippen LogP) is 5.62. The molecule has 0 saturated heterocycles. The molecule has 2 rings (SSSR count). The minimum atomic E-state index is -3.67. The largest absolute Gasteiger partial charge is 0.240 e. The number of benzene rings is 2. The van der Waals surface area contributed by atoms with Crippen molar-refractivity contribution in [2.24, 2.45) is 5.41 Å². The maximum Gasteiger partial charge on any atom is 0.240 e. The van der Waals surface area contributed by atoms with Crippen LogP contribution < -0.4 is 9.44 Å². The summed E-state index contributed by atoms with van der Waals surface area (Å²) in [6.45, 7) is 4.70. The van der Waals surface area contributed by atoms with Crippen LogP contribution in [0.2, 0.25) is 10.0 Å². The molecule has 0 spiro atoms. The van der Waals surface area contributed by atoms with E-state index in [0.717, 1.165) is 25.7 Å². The van der Waals surface area contributed by atoms with Gasteiger partial charge in [-0.1, -0.05) is 49.9 Å². The lowest BCUT2D eigenvalue weighted by Gasteiger charge is -2.33. The van der Waals surface area contributed by atoms with Gasteiger partial charge in [-0.3, -0.25) is 0 Å². The molecule has 0 aliphatic rings. The van der Waals surface area contributed by atoms with Gasteiger partial charge in [-0.25, -0.2) is 26.3 Å². The van der Waals surface area contributed by atoms with E-state index in [0.29, 0.717) is 29.4 Å². The summed E-state index contributed by atoms with van der Waals surface area (Å²) in [7, 11) is -7.29. The summed E-state index contributed by atoms with van der Waals surface area (Å²) >= 11 is 11.7. The topological polar surface area (TPSA) is 92.3 Å². The predicted molar refractivity (Wildman–Crippen MR) is 135 cm³/mol. The zero-order chi connectivity index (χ0) is 24.5. The van der Waals surface area contributed by atoms with Crippen molar-refractivity contribution in [1.82, 2.24) is 9.44 Å². The summed E-state index contributed by atoms with van der Waals surface area (Å²) < 4.78 is 55.9. The van der Waals surface area contributed by atoms with Crippen LogP contribution in [-0.2, 0) is 20.0 Å². The van der Waals surface area contributed by atoms with E-state index in [-0.39, 0.29) is 21.8 Å². The van der Waals surface area contributed by atoms with Gasteiger partial charge in [0.1, 0.15) is 0 Å². The van der Waals surface area contributed by atoms with Gasteiger partial charge in [-0.2, -0.15) is 0 Å². The molecule has 0 aromatic heterocycles. The quantitative estimate of drug-likeness (QED) is 0.307. The van der Waals surface area contributed by atoms with E-state index in [9.17, 15) is 16.8 Å². The number of hydrogen-bond acceptors (Lipinski definition) is 4. The molecular formula is C23H32Cl2N2O4S2. The zero-order valence-corrected chi connectivity index (χ0v) is 22.1. The van der Waals surface area contributed by atoms with Crippen LogP contribution in [0.3, 0.4) is 0 Å². The van der Waals surface area contributed by atoms with Crippen LogP contribution in [-0.4, -0.2) is 29.9 Å². The molecule has 33 heavy (non-hydrogen) atoms. The average Bonchev–Trinajstić information content (AvgIpc) is 2.79. The summed E-state index contributed by atoms with van der Waals surface area (Å²) in [6, 6.07) is 12.1. The van der Waals surface area contributed by atoms with Gasteiger partial charge in [-0.05, 0) is 79.6 Å². The maximum absolute atomic E-state index is 12.8. The number of nitrogens with one attached hydrogen (secondary N) is 2. The fourth-order valence-electron chi connectivity index (χ4n) is 3.64. The van der Waals surface area contributed by atoms with E-state index < -0.39 is 20.0 Å². The lowest BCUT2D eigenvalue weighted by Crippen LogP contribution is -2.38. The molecule has 0 aliphatic carbocycles. The Hall–Kier alpha value is -1.16. The Morgan fingerprint density at radius 3 is 1.64 bits per heavy atom. The second-order valence-electron chi connectivity index (χ2n) is 8.19. The number of sulfonamides is 2. The number of rotatable bonds is 14. The van der Waals surface area contributed by atoms with E-state index in [1.807, 2.05) is 6.92 Å². The van der Waals surface area contributed by atoms with Gasteiger partial charge in [0.25, 0.3) is 0 Å². The molecule has 0 radical (unpaired) electrons. The highest BCUT2D eigenvalue weighted by atomic mass is 35.5. The first-order valence-electron chi connectivity index (χ1n) is 11.0. The van der Waals surface area contributed by atoms with Crippen molar-refractivity contribution in [2.45, 2.75) is 62.2 Å². The average molecular weight is 536 g/mol. The van der Waals surface area contributed by atoms with Crippen molar-refractivity contribution >= 4 is 43.2 Å². The first kappa shape index (κ1) is 28.1. The molecule has 0 unspecified atom stereocenters. The van der Waals surface area contributed by atoms with Crippen molar-refractivity contribution < 1.29 is 16.8 Å². The Balaban J connectivity index is 2.02. The SMILES string of the molecule is CCCC[C@@](CC)(CCCNS(=O)(=O)c1ccc(Cl)cc1)CNS(=O)(=O)c1ccc(Cl)cc1. The van der Waals surface area contributed by atoms with Crippen molar-refractivity contribution in [3.63, 3.8) is 0 Å². The summed E-state index contributed by atoms with van der Waals surface area (Å²) in [4.78, 5) is 0.332. The molecule has 0 aliphatic heterocycles. The molecule has 10 heteroatoms. The Morgan fingerprint density at radius 2 is 1.18 bits per heavy atom. The van der Waals surface area contributed by atoms with Crippen LogP contribution >= 0.6 is 23.2 Å². The third kappa shape index (κ3) is 8.53. The Labute approximate surface area is 208 Å². The smallest absolute Gasteiger partial charge is 0.211 e. The fraction of sp³-hybridized carbons (Fsp3) is 0.478. The van der Waals surface area contributed by atoms with Gasteiger partial charge >= 0.3 is 0 Å². The zero-order valence-electron chi connectivity index (χ0n) is 19.0. The lowest BCUT2D eigenvalue weighted by atomic mass is 9.76. The van der Waals surface area contributed by atoms with Crippen molar-refractivity contribution in [2.75, 3.05) is 13.1 Å². The normalized spacial score (nSPS) is 14.2. The second-order valence-corrected chi connectivity index (χ2v) is 12.6. The van der Waals surface area contributed by atoms with E-state index in [2.05, 4.69) is 16.4 Å².